The molecule has 2 saturated carbocycles. The Morgan fingerprint density at radius 2 is 2.33 bits per heavy atom. The van der Waals surface area contributed by atoms with Crippen LogP contribution in [-0.2, 0) is 0 Å². The van der Waals surface area contributed by atoms with E-state index in [2.05, 4.69) is 4.98 Å². The Morgan fingerprint density at radius 3 is 2.89 bits per heavy atom. The van der Waals surface area contributed by atoms with Crippen LogP contribution in [0.15, 0.2) is 21.9 Å². The number of aromatic nitrogens is 2. The number of halogens is 1. The van der Waals surface area contributed by atoms with Crippen LogP contribution in [0.4, 0.5) is 4.39 Å². The summed E-state index contributed by atoms with van der Waals surface area (Å²) in [5, 5.41) is 9.97. The smallest absolute Gasteiger partial charge is 0.328 e. The summed E-state index contributed by atoms with van der Waals surface area (Å²) in [6.07, 6.45) is 0.285. The maximum Gasteiger partial charge on any atom is 0.328 e. The lowest BCUT2D eigenvalue weighted by Crippen LogP contribution is -2.37. The molecule has 18 heavy (non-hydrogen) atoms. The van der Waals surface area contributed by atoms with E-state index in [9.17, 15) is 19.1 Å². The second kappa shape index (κ2) is 3.54. The lowest BCUT2D eigenvalue weighted by Gasteiger charge is -2.21. The number of nitrogens with one attached hydrogen (secondary N) is 1. The lowest BCUT2D eigenvalue weighted by atomic mass is 9.97. The molecule has 0 amide bonds. The number of aliphatic hydroxyl groups excluding tert-OH is 1. The zero-order valence-corrected chi connectivity index (χ0v) is 9.97. The SMILES string of the molecule is CC[C@@]12C[C@@H]1[C@@H](n1ccc(=O)[nH]c1=O)[C@H](F)[C@@H]2O. The molecule has 2 aliphatic carbocycles. The summed E-state index contributed by atoms with van der Waals surface area (Å²) in [5.74, 6) is -0.0175. The van der Waals surface area contributed by atoms with Crippen molar-refractivity contribution in [3.05, 3.63) is 33.1 Å². The van der Waals surface area contributed by atoms with Gasteiger partial charge in [0.05, 0.1) is 12.1 Å². The van der Waals surface area contributed by atoms with E-state index in [1.165, 1.54) is 16.8 Å². The molecule has 2 N–H and O–H groups in total. The monoisotopic (exact) mass is 254 g/mol. The lowest BCUT2D eigenvalue weighted by molar-refractivity contribution is 0.0286. The number of nitrogens with zero attached hydrogens (tertiary/aromatic N) is 1. The molecule has 0 unspecified atom stereocenters. The van der Waals surface area contributed by atoms with Gasteiger partial charge in [0.1, 0.15) is 6.17 Å². The molecule has 0 bridgehead atoms. The molecule has 0 saturated heterocycles. The third kappa shape index (κ3) is 1.29. The van der Waals surface area contributed by atoms with Crippen LogP contribution in [0.3, 0.4) is 0 Å². The number of aromatic amines is 1. The van der Waals surface area contributed by atoms with Crippen LogP contribution in [0, 0.1) is 11.3 Å². The van der Waals surface area contributed by atoms with Gasteiger partial charge in [-0.15, -0.1) is 0 Å². The Labute approximate surface area is 102 Å². The molecular formula is C12H15FN2O3. The van der Waals surface area contributed by atoms with Crippen LogP contribution >= 0.6 is 0 Å². The minimum atomic E-state index is -1.45. The highest BCUT2D eigenvalue weighted by atomic mass is 19.1. The molecule has 0 radical (unpaired) electrons. The fraction of sp³-hybridized carbons (Fsp3) is 0.667. The Bertz CT molecular complexity index is 595. The summed E-state index contributed by atoms with van der Waals surface area (Å²) in [5.41, 5.74) is -1.48. The minimum Gasteiger partial charge on any atom is -0.389 e. The van der Waals surface area contributed by atoms with Gasteiger partial charge in [-0.25, -0.2) is 9.18 Å². The van der Waals surface area contributed by atoms with Crippen molar-refractivity contribution in [2.45, 2.75) is 38.1 Å². The van der Waals surface area contributed by atoms with Crippen molar-refractivity contribution < 1.29 is 9.50 Å². The third-order valence-electron chi connectivity index (χ3n) is 4.64. The molecule has 0 spiro atoms. The van der Waals surface area contributed by atoms with Crippen molar-refractivity contribution in [1.82, 2.24) is 9.55 Å². The highest BCUT2D eigenvalue weighted by Gasteiger charge is 2.71. The van der Waals surface area contributed by atoms with Crippen LogP contribution in [0.1, 0.15) is 25.8 Å². The van der Waals surface area contributed by atoms with Crippen molar-refractivity contribution in [2.24, 2.45) is 11.3 Å². The normalized spacial score (nSPS) is 41.7. The van der Waals surface area contributed by atoms with Gasteiger partial charge in [-0.05, 0) is 18.8 Å². The Hall–Kier alpha value is -1.43. The zero-order chi connectivity index (χ0) is 13.1. The molecule has 0 aliphatic heterocycles. The maximum absolute atomic E-state index is 14.2. The van der Waals surface area contributed by atoms with Crippen molar-refractivity contribution in [3.8, 4) is 0 Å². The predicted octanol–water partition coefficient (Wildman–Crippen LogP) is 0.207. The molecule has 1 aromatic heterocycles. The van der Waals surface area contributed by atoms with Crippen LogP contribution in [0.5, 0.6) is 0 Å². The second-order valence-corrected chi connectivity index (χ2v) is 5.29. The standard InChI is InChI=1S/C12H15FN2O3/c1-2-12-5-6(12)9(8(13)10(12)17)15-4-3-7(16)14-11(15)18/h3-4,6,8-10,17H,2,5H2,1H3,(H,14,16,18)/t6-,8+,9-,10+,12-/m1/s1. The molecule has 3 rings (SSSR count). The largest absolute Gasteiger partial charge is 0.389 e. The average molecular weight is 254 g/mol. The van der Waals surface area contributed by atoms with E-state index in [0.717, 1.165) is 6.42 Å². The first-order chi connectivity index (χ1) is 8.51. The van der Waals surface area contributed by atoms with E-state index >= 15 is 0 Å². The fourth-order valence-electron chi connectivity index (χ4n) is 3.50. The predicted molar refractivity (Wildman–Crippen MR) is 62.1 cm³/mol. The molecule has 6 heteroatoms. The van der Waals surface area contributed by atoms with Gasteiger partial charge in [0.15, 0.2) is 0 Å². The van der Waals surface area contributed by atoms with Gasteiger partial charge in [0, 0.05) is 17.7 Å². The quantitative estimate of drug-likeness (QED) is 0.792. The molecule has 1 heterocycles. The summed E-state index contributed by atoms with van der Waals surface area (Å²) in [4.78, 5) is 24.8. The molecule has 5 atom stereocenters. The Morgan fingerprint density at radius 1 is 1.61 bits per heavy atom. The van der Waals surface area contributed by atoms with Crippen LogP contribution in [0.2, 0.25) is 0 Å². The summed E-state index contributed by atoms with van der Waals surface area (Å²) in [7, 11) is 0. The molecule has 2 fully saturated rings. The van der Waals surface area contributed by atoms with Gasteiger partial charge < -0.3 is 5.11 Å². The molecular weight excluding hydrogens is 239 g/mol. The van der Waals surface area contributed by atoms with Gasteiger partial charge in [-0.2, -0.15) is 0 Å². The van der Waals surface area contributed by atoms with Crippen LogP contribution < -0.4 is 11.2 Å². The van der Waals surface area contributed by atoms with E-state index in [4.69, 9.17) is 0 Å². The molecule has 0 aromatic carbocycles. The molecule has 1 aromatic rings. The summed E-state index contributed by atoms with van der Waals surface area (Å²) >= 11 is 0. The minimum absolute atomic E-state index is 0.0175. The van der Waals surface area contributed by atoms with Crippen molar-refractivity contribution in [1.29, 1.82) is 0 Å². The topological polar surface area (TPSA) is 75.1 Å². The van der Waals surface area contributed by atoms with Crippen LogP contribution in [-0.4, -0.2) is 26.9 Å². The Balaban J connectivity index is 2.04. The summed E-state index contributed by atoms with van der Waals surface area (Å²) in [6.45, 7) is 1.92. The first kappa shape index (κ1) is 11.6. The average Bonchev–Trinajstić information content (AvgIpc) is 3.02. The van der Waals surface area contributed by atoms with Crippen molar-refractivity contribution >= 4 is 0 Å². The zero-order valence-electron chi connectivity index (χ0n) is 9.97. The van der Waals surface area contributed by atoms with Crippen LogP contribution in [0.25, 0.3) is 0 Å². The van der Waals surface area contributed by atoms with Crippen molar-refractivity contribution in [2.75, 3.05) is 0 Å². The number of fused-ring (bicyclic) bond motifs is 1. The van der Waals surface area contributed by atoms with Gasteiger partial charge >= 0.3 is 5.69 Å². The van der Waals surface area contributed by atoms with E-state index in [1.807, 2.05) is 6.92 Å². The van der Waals surface area contributed by atoms with E-state index < -0.39 is 29.6 Å². The summed E-state index contributed by atoms with van der Waals surface area (Å²) < 4.78 is 15.4. The highest BCUT2D eigenvalue weighted by molar-refractivity contribution is 5.20. The van der Waals surface area contributed by atoms with Gasteiger partial charge in [-0.1, -0.05) is 6.92 Å². The number of rotatable bonds is 2. The first-order valence-corrected chi connectivity index (χ1v) is 6.15. The number of alkyl halides is 1. The molecule has 98 valence electrons. The van der Waals surface area contributed by atoms with E-state index in [0.29, 0.717) is 6.42 Å². The summed E-state index contributed by atoms with van der Waals surface area (Å²) in [6, 6.07) is 0.541. The molecule has 5 nitrogen and oxygen atoms in total. The second-order valence-electron chi connectivity index (χ2n) is 5.29. The van der Waals surface area contributed by atoms with E-state index in [-0.39, 0.29) is 11.3 Å². The van der Waals surface area contributed by atoms with Gasteiger partial charge in [0.2, 0.25) is 0 Å². The highest BCUT2D eigenvalue weighted by Crippen LogP contribution is 2.69. The maximum atomic E-state index is 14.2. The molecule has 2 aliphatic rings. The first-order valence-electron chi connectivity index (χ1n) is 6.15. The third-order valence-corrected chi connectivity index (χ3v) is 4.64. The van der Waals surface area contributed by atoms with E-state index in [1.54, 1.807) is 0 Å². The number of hydrogen-bond acceptors (Lipinski definition) is 3. The fourth-order valence-corrected chi connectivity index (χ4v) is 3.50. The van der Waals surface area contributed by atoms with Crippen molar-refractivity contribution in [3.63, 3.8) is 0 Å². The van der Waals surface area contributed by atoms with Gasteiger partial charge in [-0.3, -0.25) is 14.3 Å². The number of hydrogen-bond donors (Lipinski definition) is 2. The Kier molecular flexibility index (Phi) is 2.29. The van der Waals surface area contributed by atoms with Gasteiger partial charge in [0.25, 0.3) is 5.56 Å². The number of H-pyrrole nitrogens is 1. The number of aliphatic hydroxyl groups is 1.